The predicted octanol–water partition coefficient (Wildman–Crippen LogP) is 3.77. The molecular weight excluding hydrogens is 205 g/mol. The third-order valence-corrected chi connectivity index (χ3v) is 2.47. The molecule has 15 heavy (non-hydrogen) atoms. The van der Waals surface area contributed by atoms with E-state index >= 15 is 0 Å². The van der Waals surface area contributed by atoms with E-state index in [0.29, 0.717) is 11.5 Å². The van der Waals surface area contributed by atoms with E-state index in [9.17, 15) is 13.2 Å². The van der Waals surface area contributed by atoms with E-state index < -0.39 is 6.36 Å². The highest BCUT2D eigenvalue weighted by atomic mass is 19.4. The third kappa shape index (κ3) is 2.64. The van der Waals surface area contributed by atoms with Gasteiger partial charge in [-0.1, -0.05) is 12.1 Å². The number of benzene rings is 1. The maximum atomic E-state index is 12.0. The first-order chi connectivity index (χ1) is 6.96. The van der Waals surface area contributed by atoms with Crippen molar-refractivity contribution >= 4 is 0 Å². The molecule has 4 heteroatoms. The summed E-state index contributed by atoms with van der Waals surface area (Å²) in [6.45, 7) is 1.63. The summed E-state index contributed by atoms with van der Waals surface area (Å²) in [6, 6.07) is 4.89. The van der Waals surface area contributed by atoms with Crippen LogP contribution < -0.4 is 4.74 Å². The molecule has 0 spiro atoms. The number of rotatable bonds is 2. The molecule has 82 valence electrons. The standard InChI is InChI=1S/C11H11F3O/c1-7-6-9(8-2-3-8)4-5-10(7)15-11(12,13)14/h4-6,8H,2-3H2,1H3. The summed E-state index contributed by atoms with van der Waals surface area (Å²) < 4.78 is 39.8. The molecule has 0 aromatic heterocycles. The molecule has 2 rings (SSSR count). The highest BCUT2D eigenvalue weighted by molar-refractivity contribution is 5.38. The third-order valence-electron chi connectivity index (χ3n) is 2.47. The molecule has 0 atom stereocenters. The van der Waals surface area contributed by atoms with Crippen LogP contribution >= 0.6 is 0 Å². The smallest absolute Gasteiger partial charge is 0.406 e. The molecule has 0 aliphatic heterocycles. The number of ether oxygens (including phenoxy) is 1. The number of halogens is 3. The topological polar surface area (TPSA) is 9.23 Å². The molecule has 0 radical (unpaired) electrons. The van der Waals surface area contributed by atoms with Crippen LogP contribution in [0.5, 0.6) is 5.75 Å². The van der Waals surface area contributed by atoms with Crippen molar-refractivity contribution in [2.75, 3.05) is 0 Å². The Balaban J connectivity index is 2.18. The van der Waals surface area contributed by atoms with Gasteiger partial charge in [0.25, 0.3) is 0 Å². The summed E-state index contributed by atoms with van der Waals surface area (Å²) >= 11 is 0. The lowest BCUT2D eigenvalue weighted by atomic mass is 10.1. The number of alkyl halides is 3. The van der Waals surface area contributed by atoms with E-state index in [1.54, 1.807) is 19.1 Å². The van der Waals surface area contributed by atoms with Crippen LogP contribution in [0.3, 0.4) is 0 Å². The first-order valence-electron chi connectivity index (χ1n) is 4.82. The van der Waals surface area contributed by atoms with Gasteiger partial charge in [0.2, 0.25) is 0 Å². The van der Waals surface area contributed by atoms with Crippen LogP contribution in [-0.4, -0.2) is 6.36 Å². The van der Waals surface area contributed by atoms with Crippen molar-refractivity contribution in [3.8, 4) is 5.75 Å². The molecule has 0 unspecified atom stereocenters. The summed E-state index contributed by atoms with van der Waals surface area (Å²) in [4.78, 5) is 0. The van der Waals surface area contributed by atoms with Crippen molar-refractivity contribution in [3.63, 3.8) is 0 Å². The molecule has 1 aromatic carbocycles. The molecule has 0 bridgehead atoms. The van der Waals surface area contributed by atoms with Crippen LogP contribution in [0, 0.1) is 6.92 Å². The van der Waals surface area contributed by atoms with Crippen molar-refractivity contribution in [1.29, 1.82) is 0 Å². The summed E-state index contributed by atoms with van der Waals surface area (Å²) in [5, 5.41) is 0. The predicted molar refractivity (Wildman–Crippen MR) is 49.8 cm³/mol. The van der Waals surface area contributed by atoms with Gasteiger partial charge in [0.15, 0.2) is 0 Å². The van der Waals surface area contributed by atoms with Gasteiger partial charge in [-0.3, -0.25) is 0 Å². The maximum absolute atomic E-state index is 12.0. The quantitative estimate of drug-likeness (QED) is 0.731. The van der Waals surface area contributed by atoms with E-state index in [-0.39, 0.29) is 5.75 Å². The molecule has 1 aromatic rings. The minimum atomic E-state index is -4.61. The van der Waals surface area contributed by atoms with Crippen molar-refractivity contribution in [3.05, 3.63) is 29.3 Å². The highest BCUT2D eigenvalue weighted by Gasteiger charge is 2.32. The largest absolute Gasteiger partial charge is 0.573 e. The summed E-state index contributed by atoms with van der Waals surface area (Å²) in [5.41, 5.74) is 1.65. The van der Waals surface area contributed by atoms with Gasteiger partial charge < -0.3 is 4.74 Å². The molecule has 1 aliphatic carbocycles. The van der Waals surface area contributed by atoms with Gasteiger partial charge in [-0.2, -0.15) is 0 Å². The van der Waals surface area contributed by atoms with E-state index in [4.69, 9.17) is 0 Å². The molecular formula is C11H11F3O. The van der Waals surface area contributed by atoms with Crippen LogP contribution in [-0.2, 0) is 0 Å². The zero-order chi connectivity index (χ0) is 11.1. The first-order valence-corrected chi connectivity index (χ1v) is 4.82. The van der Waals surface area contributed by atoms with Gasteiger partial charge in [-0.05, 0) is 42.9 Å². The van der Waals surface area contributed by atoms with Gasteiger partial charge in [-0.15, -0.1) is 13.2 Å². The van der Waals surface area contributed by atoms with Gasteiger partial charge in [-0.25, -0.2) is 0 Å². The van der Waals surface area contributed by atoms with E-state index in [2.05, 4.69) is 4.74 Å². The second-order valence-electron chi connectivity index (χ2n) is 3.85. The minimum Gasteiger partial charge on any atom is -0.406 e. The maximum Gasteiger partial charge on any atom is 0.573 e. The Hall–Kier alpha value is -1.19. The Labute approximate surface area is 85.9 Å². The van der Waals surface area contributed by atoms with E-state index in [1.807, 2.05) is 0 Å². The minimum absolute atomic E-state index is 0.105. The Morgan fingerprint density at radius 3 is 2.40 bits per heavy atom. The fourth-order valence-electron chi connectivity index (χ4n) is 1.58. The van der Waals surface area contributed by atoms with Crippen LogP contribution in [0.15, 0.2) is 18.2 Å². The molecule has 1 fully saturated rings. The Morgan fingerprint density at radius 2 is 1.93 bits per heavy atom. The number of aryl methyl sites for hydroxylation is 1. The molecule has 0 N–H and O–H groups in total. The van der Waals surface area contributed by atoms with Crippen LogP contribution in [0.2, 0.25) is 0 Å². The van der Waals surface area contributed by atoms with Gasteiger partial charge in [0, 0.05) is 0 Å². The fourth-order valence-corrected chi connectivity index (χ4v) is 1.58. The van der Waals surface area contributed by atoms with Crippen molar-refractivity contribution in [2.45, 2.75) is 32.0 Å². The Morgan fingerprint density at radius 1 is 1.27 bits per heavy atom. The van der Waals surface area contributed by atoms with Crippen LogP contribution in [0.4, 0.5) is 13.2 Å². The number of hydrogen-bond acceptors (Lipinski definition) is 1. The lowest BCUT2D eigenvalue weighted by Gasteiger charge is -2.12. The van der Waals surface area contributed by atoms with Crippen molar-refractivity contribution in [1.82, 2.24) is 0 Å². The van der Waals surface area contributed by atoms with Gasteiger partial charge in [0.05, 0.1) is 0 Å². The summed E-state index contributed by atoms with van der Waals surface area (Å²) in [7, 11) is 0. The molecule has 0 amide bonds. The Kier molecular flexibility index (Phi) is 2.37. The lowest BCUT2D eigenvalue weighted by molar-refractivity contribution is -0.274. The van der Waals surface area contributed by atoms with Crippen LogP contribution in [0.25, 0.3) is 0 Å². The molecule has 0 saturated heterocycles. The monoisotopic (exact) mass is 216 g/mol. The molecule has 1 saturated carbocycles. The second-order valence-corrected chi connectivity index (χ2v) is 3.85. The number of hydrogen-bond donors (Lipinski definition) is 0. The zero-order valence-corrected chi connectivity index (χ0v) is 8.27. The summed E-state index contributed by atoms with van der Waals surface area (Å²) in [6.07, 6.45) is -2.33. The van der Waals surface area contributed by atoms with Gasteiger partial charge in [0.1, 0.15) is 5.75 Å². The molecule has 1 nitrogen and oxygen atoms in total. The molecule has 1 aliphatic rings. The molecule has 0 heterocycles. The normalized spacial score (nSPS) is 16.5. The summed E-state index contributed by atoms with van der Waals surface area (Å²) in [5.74, 6) is 0.440. The first kappa shape index (κ1) is 10.3. The average molecular weight is 216 g/mol. The average Bonchev–Trinajstić information content (AvgIpc) is 2.89. The lowest BCUT2D eigenvalue weighted by Crippen LogP contribution is -2.17. The second kappa shape index (κ2) is 3.43. The SMILES string of the molecule is Cc1cc(C2CC2)ccc1OC(F)(F)F. The van der Waals surface area contributed by atoms with Gasteiger partial charge >= 0.3 is 6.36 Å². The van der Waals surface area contributed by atoms with Crippen molar-refractivity contribution in [2.24, 2.45) is 0 Å². The fraction of sp³-hybridized carbons (Fsp3) is 0.455. The van der Waals surface area contributed by atoms with E-state index in [0.717, 1.165) is 18.4 Å². The van der Waals surface area contributed by atoms with Crippen LogP contribution in [0.1, 0.15) is 29.9 Å². The van der Waals surface area contributed by atoms with Crippen molar-refractivity contribution < 1.29 is 17.9 Å². The zero-order valence-electron chi connectivity index (χ0n) is 8.27. The highest BCUT2D eigenvalue weighted by Crippen LogP contribution is 2.41. The van der Waals surface area contributed by atoms with E-state index in [1.165, 1.54) is 6.07 Å². The Bertz CT molecular complexity index is 367.